The molecular formula is C11H14N4O3. The van der Waals surface area contributed by atoms with Gasteiger partial charge in [-0.1, -0.05) is 0 Å². The van der Waals surface area contributed by atoms with E-state index in [1.165, 1.54) is 12.4 Å². The molecule has 1 saturated heterocycles. The molecule has 1 aliphatic rings. The second kappa shape index (κ2) is 6.06. The van der Waals surface area contributed by atoms with Crippen LogP contribution in [0.15, 0.2) is 18.5 Å². The molecule has 1 unspecified atom stereocenters. The quantitative estimate of drug-likeness (QED) is 0.719. The number of hydrogen-bond donors (Lipinski definition) is 2. The minimum atomic E-state index is -0.779. The smallest absolute Gasteiger partial charge is 0.316 e. The highest BCUT2D eigenvalue weighted by molar-refractivity contribution is 6.39. The largest absolute Gasteiger partial charge is 0.376 e. The average molecular weight is 250 g/mol. The monoisotopic (exact) mass is 250 g/mol. The van der Waals surface area contributed by atoms with Crippen LogP contribution in [-0.2, 0) is 14.3 Å². The number of carbonyl (C=O) groups is 2. The van der Waals surface area contributed by atoms with Gasteiger partial charge in [-0.05, 0) is 18.9 Å². The van der Waals surface area contributed by atoms with Crippen molar-refractivity contribution >= 4 is 17.8 Å². The Morgan fingerprint density at radius 2 is 2.11 bits per heavy atom. The first-order valence-electron chi connectivity index (χ1n) is 5.73. The average Bonchev–Trinajstić information content (AvgIpc) is 2.90. The summed E-state index contributed by atoms with van der Waals surface area (Å²) in [5, 5.41) is 4.82. The zero-order chi connectivity index (χ0) is 12.8. The van der Waals surface area contributed by atoms with Crippen molar-refractivity contribution in [3.05, 3.63) is 18.5 Å². The van der Waals surface area contributed by atoms with E-state index in [2.05, 4.69) is 20.6 Å². The highest BCUT2D eigenvalue weighted by atomic mass is 16.5. The fourth-order valence-electron chi connectivity index (χ4n) is 1.61. The molecule has 7 nitrogen and oxygen atoms in total. The maximum Gasteiger partial charge on any atom is 0.316 e. The summed E-state index contributed by atoms with van der Waals surface area (Å²) in [6.07, 6.45) is 4.86. The standard InChI is InChI=1S/C11H14N4O3/c16-9(14-7-8-3-1-6-18-8)10(17)15-11-12-4-2-5-13-11/h2,4-5,8H,1,3,6-7H2,(H,14,16)(H,12,13,15,17). The van der Waals surface area contributed by atoms with Gasteiger partial charge >= 0.3 is 11.8 Å². The lowest BCUT2D eigenvalue weighted by Gasteiger charge is -2.10. The molecule has 0 aliphatic carbocycles. The zero-order valence-electron chi connectivity index (χ0n) is 9.76. The van der Waals surface area contributed by atoms with Crippen molar-refractivity contribution in [1.82, 2.24) is 15.3 Å². The molecule has 96 valence electrons. The molecule has 0 radical (unpaired) electrons. The Morgan fingerprint density at radius 1 is 1.33 bits per heavy atom. The summed E-state index contributed by atoms with van der Waals surface area (Å²) in [7, 11) is 0. The van der Waals surface area contributed by atoms with E-state index < -0.39 is 11.8 Å². The van der Waals surface area contributed by atoms with Crippen molar-refractivity contribution in [2.24, 2.45) is 0 Å². The van der Waals surface area contributed by atoms with E-state index >= 15 is 0 Å². The van der Waals surface area contributed by atoms with Crippen LogP contribution in [-0.4, -0.2) is 41.0 Å². The number of nitrogens with one attached hydrogen (secondary N) is 2. The minimum absolute atomic E-state index is 0.00900. The molecule has 1 atom stereocenters. The molecule has 0 saturated carbocycles. The van der Waals surface area contributed by atoms with Crippen LogP contribution < -0.4 is 10.6 Å². The first kappa shape index (κ1) is 12.4. The summed E-state index contributed by atoms with van der Waals surface area (Å²) >= 11 is 0. The first-order chi connectivity index (χ1) is 8.75. The van der Waals surface area contributed by atoms with E-state index in [-0.39, 0.29) is 12.1 Å². The van der Waals surface area contributed by atoms with Crippen LogP contribution in [0.1, 0.15) is 12.8 Å². The molecule has 0 spiro atoms. The lowest BCUT2D eigenvalue weighted by molar-refractivity contribution is -0.136. The van der Waals surface area contributed by atoms with Crippen LogP contribution in [0.3, 0.4) is 0 Å². The highest BCUT2D eigenvalue weighted by Crippen LogP contribution is 2.10. The lowest BCUT2D eigenvalue weighted by Crippen LogP contribution is -2.39. The summed E-state index contributed by atoms with van der Waals surface area (Å²) in [5.41, 5.74) is 0. The fourth-order valence-corrected chi connectivity index (χ4v) is 1.61. The van der Waals surface area contributed by atoms with Crippen molar-refractivity contribution in [1.29, 1.82) is 0 Å². The SMILES string of the molecule is O=C(NCC1CCCO1)C(=O)Nc1ncccn1. The Morgan fingerprint density at radius 3 is 2.78 bits per heavy atom. The number of carbonyl (C=O) groups excluding carboxylic acids is 2. The third kappa shape index (κ3) is 3.49. The number of amides is 2. The van der Waals surface area contributed by atoms with Gasteiger partial charge in [0.15, 0.2) is 0 Å². The van der Waals surface area contributed by atoms with Gasteiger partial charge in [0.05, 0.1) is 6.10 Å². The van der Waals surface area contributed by atoms with E-state index in [0.29, 0.717) is 13.2 Å². The summed E-state index contributed by atoms with van der Waals surface area (Å²) in [6.45, 7) is 1.06. The zero-order valence-corrected chi connectivity index (χ0v) is 9.76. The van der Waals surface area contributed by atoms with Crippen molar-refractivity contribution in [2.75, 3.05) is 18.5 Å². The topological polar surface area (TPSA) is 93.2 Å². The van der Waals surface area contributed by atoms with Crippen LogP contribution in [0.5, 0.6) is 0 Å². The van der Waals surface area contributed by atoms with Gasteiger partial charge in [-0.15, -0.1) is 0 Å². The van der Waals surface area contributed by atoms with Gasteiger partial charge in [-0.2, -0.15) is 0 Å². The number of hydrogen-bond acceptors (Lipinski definition) is 5. The van der Waals surface area contributed by atoms with E-state index in [1.807, 2.05) is 0 Å². The van der Waals surface area contributed by atoms with E-state index in [4.69, 9.17) is 4.74 Å². The van der Waals surface area contributed by atoms with Gasteiger partial charge in [0.1, 0.15) is 0 Å². The molecule has 1 fully saturated rings. The maximum absolute atomic E-state index is 11.5. The Balaban J connectivity index is 1.76. The van der Waals surface area contributed by atoms with Crippen LogP contribution in [0, 0.1) is 0 Å². The summed E-state index contributed by atoms with van der Waals surface area (Å²) in [5.74, 6) is -1.38. The molecular weight excluding hydrogens is 236 g/mol. The normalized spacial score (nSPS) is 18.3. The summed E-state index contributed by atoms with van der Waals surface area (Å²) in [4.78, 5) is 30.5. The molecule has 0 aromatic carbocycles. The molecule has 1 aliphatic heterocycles. The molecule has 18 heavy (non-hydrogen) atoms. The van der Waals surface area contributed by atoms with Gasteiger partial charge in [0.2, 0.25) is 5.95 Å². The molecule has 7 heteroatoms. The van der Waals surface area contributed by atoms with Gasteiger partial charge < -0.3 is 10.1 Å². The van der Waals surface area contributed by atoms with Crippen molar-refractivity contribution in [3.63, 3.8) is 0 Å². The highest BCUT2D eigenvalue weighted by Gasteiger charge is 2.19. The molecule has 2 amide bonds. The third-order valence-corrected chi connectivity index (χ3v) is 2.51. The fraction of sp³-hybridized carbons (Fsp3) is 0.455. The number of aromatic nitrogens is 2. The predicted octanol–water partition coefficient (Wildman–Crippen LogP) is -0.290. The number of ether oxygens (including phenoxy) is 1. The van der Waals surface area contributed by atoms with Gasteiger partial charge in [0, 0.05) is 25.5 Å². The van der Waals surface area contributed by atoms with Crippen LogP contribution in [0.4, 0.5) is 5.95 Å². The summed E-state index contributed by atoms with van der Waals surface area (Å²) < 4.78 is 5.33. The van der Waals surface area contributed by atoms with E-state index in [9.17, 15) is 9.59 Å². The second-order valence-corrected chi connectivity index (χ2v) is 3.87. The molecule has 0 bridgehead atoms. The Labute approximate surface area is 104 Å². The van der Waals surface area contributed by atoms with Crippen molar-refractivity contribution < 1.29 is 14.3 Å². The van der Waals surface area contributed by atoms with E-state index in [0.717, 1.165) is 12.8 Å². The van der Waals surface area contributed by atoms with Crippen LogP contribution >= 0.6 is 0 Å². The number of nitrogens with zero attached hydrogens (tertiary/aromatic N) is 2. The number of anilines is 1. The Kier molecular flexibility index (Phi) is 4.19. The summed E-state index contributed by atoms with van der Waals surface area (Å²) in [6, 6.07) is 1.62. The first-order valence-corrected chi connectivity index (χ1v) is 5.73. The number of rotatable bonds is 3. The molecule has 2 heterocycles. The van der Waals surface area contributed by atoms with Crippen molar-refractivity contribution in [3.8, 4) is 0 Å². The van der Waals surface area contributed by atoms with Gasteiger partial charge in [-0.25, -0.2) is 9.97 Å². The maximum atomic E-state index is 11.5. The van der Waals surface area contributed by atoms with E-state index in [1.54, 1.807) is 6.07 Å². The predicted molar refractivity (Wildman–Crippen MR) is 62.6 cm³/mol. The van der Waals surface area contributed by atoms with Crippen molar-refractivity contribution in [2.45, 2.75) is 18.9 Å². The Bertz CT molecular complexity index is 418. The second-order valence-electron chi connectivity index (χ2n) is 3.87. The molecule has 1 aromatic heterocycles. The van der Waals surface area contributed by atoms with Crippen LogP contribution in [0.2, 0.25) is 0 Å². The molecule has 2 N–H and O–H groups in total. The Hall–Kier alpha value is -2.02. The molecule has 1 aromatic rings. The lowest BCUT2D eigenvalue weighted by atomic mass is 10.2. The van der Waals surface area contributed by atoms with Crippen LogP contribution in [0.25, 0.3) is 0 Å². The molecule has 2 rings (SSSR count). The van der Waals surface area contributed by atoms with Gasteiger partial charge in [-0.3, -0.25) is 14.9 Å². The third-order valence-electron chi connectivity index (χ3n) is 2.51. The van der Waals surface area contributed by atoms with Gasteiger partial charge in [0.25, 0.3) is 0 Å². The minimum Gasteiger partial charge on any atom is -0.376 e.